The Morgan fingerprint density at radius 3 is 2.50 bits per heavy atom. The number of anilines is 1. The van der Waals surface area contributed by atoms with Gasteiger partial charge in [0.15, 0.2) is 5.75 Å². The molecule has 0 bridgehead atoms. The van der Waals surface area contributed by atoms with Gasteiger partial charge in [-0.1, -0.05) is 40.9 Å². The predicted molar refractivity (Wildman–Crippen MR) is 84.2 cm³/mol. The lowest BCUT2D eigenvalue weighted by molar-refractivity contribution is 0.302. The molecule has 0 unspecified atom stereocenters. The molecule has 0 aliphatic heterocycles. The van der Waals surface area contributed by atoms with Crippen molar-refractivity contribution >= 4 is 40.6 Å². The van der Waals surface area contributed by atoms with Crippen LogP contribution in [-0.4, -0.2) is 11.5 Å². The maximum absolute atomic E-state index is 6.06. The molecule has 1 N–H and O–H groups in total. The number of hydrogen-bond donors (Lipinski definition) is 1. The molecule has 0 saturated heterocycles. The van der Waals surface area contributed by atoms with E-state index in [-0.39, 0.29) is 6.61 Å². The van der Waals surface area contributed by atoms with Gasteiger partial charge in [0, 0.05) is 11.6 Å². The Bertz CT molecular complexity index is 582. The lowest BCUT2D eigenvalue weighted by Gasteiger charge is -2.11. The van der Waals surface area contributed by atoms with E-state index in [1.807, 2.05) is 25.1 Å². The number of nitrogens with one attached hydrogen (secondary N) is 1. The van der Waals surface area contributed by atoms with Crippen molar-refractivity contribution in [1.82, 2.24) is 4.98 Å². The molecule has 0 saturated carbocycles. The fourth-order valence-corrected chi connectivity index (χ4v) is 2.58. The molecule has 0 spiro atoms. The standard InChI is InChI=1S/C14H13Cl3N2O/c1-2-18-13-5-3-4-10(19-13)8-20-14-11(16)6-9(15)7-12(14)17/h3-7H,2,8H2,1H3,(H,18,19). The number of nitrogens with zero attached hydrogens (tertiary/aromatic N) is 1. The molecule has 0 radical (unpaired) electrons. The van der Waals surface area contributed by atoms with Crippen molar-refractivity contribution in [2.75, 3.05) is 11.9 Å². The molecule has 20 heavy (non-hydrogen) atoms. The third-order valence-corrected chi connectivity index (χ3v) is 3.27. The van der Waals surface area contributed by atoms with Crippen LogP contribution in [0.5, 0.6) is 5.75 Å². The van der Waals surface area contributed by atoms with Gasteiger partial charge in [0.25, 0.3) is 0 Å². The number of halogens is 3. The van der Waals surface area contributed by atoms with Crippen LogP contribution in [0.2, 0.25) is 15.1 Å². The average molecular weight is 332 g/mol. The van der Waals surface area contributed by atoms with Gasteiger partial charge >= 0.3 is 0 Å². The van der Waals surface area contributed by atoms with Crippen LogP contribution < -0.4 is 10.1 Å². The number of benzene rings is 1. The highest BCUT2D eigenvalue weighted by molar-refractivity contribution is 6.40. The zero-order chi connectivity index (χ0) is 14.5. The van der Waals surface area contributed by atoms with Crippen molar-refractivity contribution in [3.63, 3.8) is 0 Å². The normalized spacial score (nSPS) is 10.4. The summed E-state index contributed by atoms with van der Waals surface area (Å²) in [6.07, 6.45) is 0. The molecule has 0 aliphatic rings. The van der Waals surface area contributed by atoms with E-state index < -0.39 is 0 Å². The topological polar surface area (TPSA) is 34.1 Å². The maximum Gasteiger partial charge on any atom is 0.157 e. The number of rotatable bonds is 5. The highest BCUT2D eigenvalue weighted by Crippen LogP contribution is 2.36. The van der Waals surface area contributed by atoms with Crippen molar-refractivity contribution in [3.05, 3.63) is 51.1 Å². The van der Waals surface area contributed by atoms with Gasteiger partial charge in [-0.2, -0.15) is 0 Å². The van der Waals surface area contributed by atoms with E-state index >= 15 is 0 Å². The van der Waals surface area contributed by atoms with Crippen LogP contribution in [0.4, 0.5) is 5.82 Å². The molecule has 0 fully saturated rings. The van der Waals surface area contributed by atoms with Crippen molar-refractivity contribution < 1.29 is 4.74 Å². The van der Waals surface area contributed by atoms with E-state index in [1.54, 1.807) is 12.1 Å². The molecule has 2 rings (SSSR count). The molecule has 1 heterocycles. The second kappa shape index (κ2) is 7.02. The lowest BCUT2D eigenvalue weighted by atomic mass is 10.3. The average Bonchev–Trinajstić information content (AvgIpc) is 2.38. The number of pyridine rings is 1. The summed E-state index contributed by atoms with van der Waals surface area (Å²) in [7, 11) is 0. The Hall–Kier alpha value is -1.16. The summed E-state index contributed by atoms with van der Waals surface area (Å²) in [5.74, 6) is 1.22. The molecular weight excluding hydrogens is 319 g/mol. The summed E-state index contributed by atoms with van der Waals surface area (Å²) in [6, 6.07) is 8.86. The summed E-state index contributed by atoms with van der Waals surface area (Å²) in [5, 5.41) is 4.37. The Morgan fingerprint density at radius 2 is 1.85 bits per heavy atom. The van der Waals surface area contributed by atoms with Gasteiger partial charge in [0.1, 0.15) is 12.4 Å². The molecule has 0 atom stereocenters. The van der Waals surface area contributed by atoms with Gasteiger partial charge in [0.05, 0.1) is 15.7 Å². The third kappa shape index (κ3) is 3.92. The van der Waals surface area contributed by atoms with Crippen LogP contribution in [0.1, 0.15) is 12.6 Å². The molecule has 1 aromatic carbocycles. The summed E-state index contributed by atoms with van der Waals surface area (Å²) in [5.41, 5.74) is 0.783. The fraction of sp³-hybridized carbons (Fsp3) is 0.214. The summed E-state index contributed by atoms with van der Waals surface area (Å²) in [4.78, 5) is 4.41. The molecular formula is C14H13Cl3N2O. The molecule has 0 amide bonds. The van der Waals surface area contributed by atoms with E-state index in [0.29, 0.717) is 20.8 Å². The molecule has 2 aromatic rings. The molecule has 3 nitrogen and oxygen atoms in total. The Balaban J connectivity index is 2.11. The number of ether oxygens (including phenoxy) is 1. The first-order valence-electron chi connectivity index (χ1n) is 6.07. The summed E-state index contributed by atoms with van der Waals surface area (Å²) >= 11 is 18.0. The SMILES string of the molecule is CCNc1cccc(COc2c(Cl)cc(Cl)cc2Cl)n1. The second-order valence-electron chi connectivity index (χ2n) is 4.03. The van der Waals surface area contributed by atoms with Crippen LogP contribution in [-0.2, 0) is 6.61 Å². The van der Waals surface area contributed by atoms with Crippen molar-refractivity contribution in [3.8, 4) is 5.75 Å². The molecule has 0 aliphatic carbocycles. The number of hydrogen-bond acceptors (Lipinski definition) is 3. The largest absolute Gasteiger partial charge is 0.484 e. The fourth-order valence-electron chi connectivity index (χ4n) is 1.65. The van der Waals surface area contributed by atoms with E-state index in [9.17, 15) is 0 Å². The van der Waals surface area contributed by atoms with Gasteiger partial charge < -0.3 is 10.1 Å². The first-order valence-corrected chi connectivity index (χ1v) is 7.20. The Labute approximate surface area is 132 Å². The minimum atomic E-state index is 0.278. The van der Waals surface area contributed by atoms with Gasteiger partial charge in [-0.25, -0.2) is 4.98 Å². The number of aromatic nitrogens is 1. The highest BCUT2D eigenvalue weighted by Gasteiger charge is 2.09. The van der Waals surface area contributed by atoms with E-state index in [0.717, 1.165) is 18.1 Å². The van der Waals surface area contributed by atoms with Crippen molar-refractivity contribution in [2.24, 2.45) is 0 Å². The zero-order valence-corrected chi connectivity index (χ0v) is 13.1. The van der Waals surface area contributed by atoms with Crippen LogP contribution in [0.25, 0.3) is 0 Å². The molecule has 1 aromatic heterocycles. The Kier molecular flexibility index (Phi) is 5.35. The lowest BCUT2D eigenvalue weighted by Crippen LogP contribution is -2.03. The van der Waals surface area contributed by atoms with Crippen LogP contribution in [0.3, 0.4) is 0 Å². The summed E-state index contributed by atoms with van der Waals surface area (Å²) < 4.78 is 5.63. The van der Waals surface area contributed by atoms with Gasteiger partial charge in [-0.3, -0.25) is 0 Å². The van der Waals surface area contributed by atoms with Crippen LogP contribution in [0, 0.1) is 0 Å². The smallest absolute Gasteiger partial charge is 0.157 e. The van der Waals surface area contributed by atoms with Crippen molar-refractivity contribution in [2.45, 2.75) is 13.5 Å². The minimum absolute atomic E-state index is 0.278. The van der Waals surface area contributed by atoms with Gasteiger partial charge in [-0.15, -0.1) is 0 Å². The van der Waals surface area contributed by atoms with E-state index in [1.165, 1.54) is 0 Å². The highest BCUT2D eigenvalue weighted by atomic mass is 35.5. The molecule has 106 valence electrons. The first kappa shape index (κ1) is 15.2. The van der Waals surface area contributed by atoms with Crippen LogP contribution in [0.15, 0.2) is 30.3 Å². The van der Waals surface area contributed by atoms with Crippen LogP contribution >= 0.6 is 34.8 Å². The second-order valence-corrected chi connectivity index (χ2v) is 5.28. The zero-order valence-electron chi connectivity index (χ0n) is 10.8. The van der Waals surface area contributed by atoms with Crippen molar-refractivity contribution in [1.29, 1.82) is 0 Å². The Morgan fingerprint density at radius 1 is 1.15 bits per heavy atom. The minimum Gasteiger partial charge on any atom is -0.484 e. The maximum atomic E-state index is 6.06. The van der Waals surface area contributed by atoms with Gasteiger partial charge in [-0.05, 0) is 31.2 Å². The monoisotopic (exact) mass is 330 g/mol. The predicted octanol–water partition coefficient (Wildman–Crippen LogP) is 5.05. The molecule has 6 heteroatoms. The quantitative estimate of drug-likeness (QED) is 0.832. The third-order valence-electron chi connectivity index (χ3n) is 2.49. The van der Waals surface area contributed by atoms with E-state index in [4.69, 9.17) is 39.5 Å². The van der Waals surface area contributed by atoms with E-state index in [2.05, 4.69) is 10.3 Å². The first-order chi connectivity index (χ1) is 9.60. The summed E-state index contributed by atoms with van der Waals surface area (Å²) in [6.45, 7) is 3.10. The van der Waals surface area contributed by atoms with Gasteiger partial charge in [0.2, 0.25) is 0 Å².